The molecule has 94 valence electrons. The van der Waals surface area contributed by atoms with E-state index in [1.807, 2.05) is 6.07 Å². The zero-order chi connectivity index (χ0) is 12.1. The van der Waals surface area contributed by atoms with Crippen LogP contribution in [0.4, 0.5) is 4.39 Å². The summed E-state index contributed by atoms with van der Waals surface area (Å²) in [5.41, 5.74) is 6.31. The number of rotatable bonds is 3. The number of hydrogen-bond donors (Lipinski definition) is 1. The maximum atomic E-state index is 13.3. The van der Waals surface area contributed by atoms with Crippen molar-refractivity contribution >= 4 is 0 Å². The van der Waals surface area contributed by atoms with Gasteiger partial charge in [-0.3, -0.25) is 0 Å². The van der Waals surface area contributed by atoms with E-state index >= 15 is 0 Å². The summed E-state index contributed by atoms with van der Waals surface area (Å²) in [6, 6.07) is 4.75. The predicted molar refractivity (Wildman–Crippen MR) is 66.4 cm³/mol. The number of ether oxygens (including phenoxy) is 1. The third-order valence-corrected chi connectivity index (χ3v) is 3.27. The van der Waals surface area contributed by atoms with E-state index in [2.05, 4.69) is 0 Å². The van der Waals surface area contributed by atoms with Gasteiger partial charge in [0, 0.05) is 12.6 Å². The summed E-state index contributed by atoms with van der Waals surface area (Å²) in [5.74, 6) is 0.355. The molecule has 1 aliphatic carbocycles. The van der Waals surface area contributed by atoms with Gasteiger partial charge in [0.15, 0.2) is 0 Å². The first-order valence-corrected chi connectivity index (χ1v) is 6.44. The van der Waals surface area contributed by atoms with Crippen LogP contribution < -0.4 is 10.5 Å². The Labute approximate surface area is 102 Å². The molecule has 0 atom stereocenters. The van der Waals surface area contributed by atoms with Crippen LogP contribution in [0.1, 0.15) is 44.1 Å². The quantitative estimate of drug-likeness (QED) is 0.818. The van der Waals surface area contributed by atoms with E-state index in [1.165, 1.54) is 37.8 Å². The van der Waals surface area contributed by atoms with Gasteiger partial charge in [-0.2, -0.15) is 0 Å². The highest BCUT2D eigenvalue weighted by atomic mass is 19.1. The number of benzene rings is 1. The Morgan fingerprint density at radius 2 is 1.82 bits per heavy atom. The lowest BCUT2D eigenvalue weighted by Gasteiger charge is -2.17. The molecule has 0 aliphatic heterocycles. The van der Waals surface area contributed by atoms with Crippen LogP contribution in [0.5, 0.6) is 5.75 Å². The van der Waals surface area contributed by atoms with Crippen LogP contribution in [0.3, 0.4) is 0 Å². The van der Waals surface area contributed by atoms with Crippen molar-refractivity contribution in [3.8, 4) is 5.75 Å². The zero-order valence-electron chi connectivity index (χ0n) is 10.1. The molecule has 1 aromatic rings. The minimum atomic E-state index is -0.267. The fourth-order valence-electron chi connectivity index (χ4n) is 2.36. The fourth-order valence-corrected chi connectivity index (χ4v) is 2.36. The molecule has 0 heterocycles. The highest BCUT2D eigenvalue weighted by molar-refractivity contribution is 5.29. The van der Waals surface area contributed by atoms with Crippen molar-refractivity contribution in [1.82, 2.24) is 0 Å². The van der Waals surface area contributed by atoms with Crippen molar-refractivity contribution in [2.75, 3.05) is 0 Å². The summed E-state index contributed by atoms with van der Waals surface area (Å²) < 4.78 is 19.2. The molecular formula is C14H20FNO. The zero-order valence-corrected chi connectivity index (χ0v) is 10.1. The average molecular weight is 237 g/mol. The second-order valence-electron chi connectivity index (χ2n) is 4.73. The predicted octanol–water partition coefficient (Wildman–Crippen LogP) is 3.39. The van der Waals surface area contributed by atoms with E-state index < -0.39 is 0 Å². The van der Waals surface area contributed by atoms with E-state index in [1.54, 1.807) is 0 Å². The van der Waals surface area contributed by atoms with Crippen molar-refractivity contribution in [1.29, 1.82) is 0 Å². The van der Waals surface area contributed by atoms with E-state index in [4.69, 9.17) is 10.5 Å². The monoisotopic (exact) mass is 237 g/mol. The molecule has 0 unspecified atom stereocenters. The Balaban J connectivity index is 2.03. The minimum Gasteiger partial charge on any atom is -0.490 e. The first-order chi connectivity index (χ1) is 8.28. The van der Waals surface area contributed by atoms with Crippen molar-refractivity contribution in [2.45, 2.75) is 51.2 Å². The molecule has 1 aliphatic rings. The van der Waals surface area contributed by atoms with Gasteiger partial charge in [0.05, 0.1) is 6.10 Å². The molecule has 0 amide bonds. The van der Waals surface area contributed by atoms with Crippen LogP contribution in [0.25, 0.3) is 0 Å². The molecule has 0 spiro atoms. The Kier molecular flexibility index (Phi) is 4.37. The molecule has 1 fully saturated rings. The van der Waals surface area contributed by atoms with E-state index in [-0.39, 0.29) is 11.9 Å². The molecule has 1 aromatic carbocycles. The topological polar surface area (TPSA) is 35.2 Å². The summed E-state index contributed by atoms with van der Waals surface area (Å²) in [6.45, 7) is 0.346. The van der Waals surface area contributed by atoms with E-state index in [0.717, 1.165) is 18.4 Å². The van der Waals surface area contributed by atoms with Gasteiger partial charge in [-0.15, -0.1) is 0 Å². The van der Waals surface area contributed by atoms with Gasteiger partial charge in [0.25, 0.3) is 0 Å². The molecule has 17 heavy (non-hydrogen) atoms. The Hall–Kier alpha value is -1.09. The summed E-state index contributed by atoms with van der Waals surface area (Å²) >= 11 is 0. The Morgan fingerprint density at radius 1 is 1.12 bits per heavy atom. The lowest BCUT2D eigenvalue weighted by molar-refractivity contribution is 0.183. The molecule has 0 radical (unpaired) electrons. The summed E-state index contributed by atoms with van der Waals surface area (Å²) in [4.78, 5) is 0. The van der Waals surface area contributed by atoms with Crippen LogP contribution in [-0.4, -0.2) is 6.10 Å². The van der Waals surface area contributed by atoms with Crippen molar-refractivity contribution in [3.63, 3.8) is 0 Å². The van der Waals surface area contributed by atoms with Gasteiger partial charge in [0.2, 0.25) is 0 Å². The summed E-state index contributed by atoms with van der Waals surface area (Å²) in [6.07, 6.45) is 7.40. The van der Waals surface area contributed by atoms with Crippen LogP contribution in [0.2, 0.25) is 0 Å². The van der Waals surface area contributed by atoms with Crippen LogP contribution in [0.15, 0.2) is 18.2 Å². The molecule has 1 saturated carbocycles. The lowest BCUT2D eigenvalue weighted by atomic mass is 10.1. The molecule has 2 rings (SSSR count). The third kappa shape index (κ3) is 3.70. The smallest absolute Gasteiger partial charge is 0.127 e. The van der Waals surface area contributed by atoms with Gasteiger partial charge in [-0.25, -0.2) is 4.39 Å². The maximum Gasteiger partial charge on any atom is 0.127 e. The molecule has 2 nitrogen and oxygen atoms in total. The van der Waals surface area contributed by atoms with Gasteiger partial charge in [-0.05, 0) is 43.4 Å². The highest BCUT2D eigenvalue weighted by Crippen LogP contribution is 2.24. The first kappa shape index (κ1) is 12.4. The number of nitrogens with two attached hydrogens (primary N) is 1. The molecular weight excluding hydrogens is 217 g/mol. The maximum absolute atomic E-state index is 13.3. The summed E-state index contributed by atoms with van der Waals surface area (Å²) in [5, 5.41) is 0. The molecule has 0 saturated heterocycles. The Bertz CT molecular complexity index is 359. The molecule has 0 bridgehead atoms. The van der Waals surface area contributed by atoms with Gasteiger partial charge >= 0.3 is 0 Å². The second-order valence-corrected chi connectivity index (χ2v) is 4.73. The molecule has 0 aromatic heterocycles. The van der Waals surface area contributed by atoms with E-state index in [9.17, 15) is 4.39 Å². The standard InChI is InChI=1S/C14H20FNO/c15-12-7-11(10-16)8-14(9-12)17-13-5-3-1-2-4-6-13/h7-9,13H,1-6,10,16H2. The van der Waals surface area contributed by atoms with Crippen LogP contribution in [-0.2, 0) is 6.54 Å². The Morgan fingerprint density at radius 3 is 2.47 bits per heavy atom. The molecule has 3 heteroatoms. The summed E-state index contributed by atoms with van der Waals surface area (Å²) in [7, 11) is 0. The molecule has 2 N–H and O–H groups in total. The van der Waals surface area contributed by atoms with Gasteiger partial charge in [-0.1, -0.05) is 12.8 Å². The van der Waals surface area contributed by atoms with Crippen LogP contribution in [0, 0.1) is 5.82 Å². The lowest BCUT2D eigenvalue weighted by Crippen LogP contribution is -2.15. The SMILES string of the molecule is NCc1cc(F)cc(OC2CCCCCC2)c1. The minimum absolute atomic E-state index is 0.241. The number of hydrogen-bond acceptors (Lipinski definition) is 2. The average Bonchev–Trinajstić information content (AvgIpc) is 2.57. The fraction of sp³-hybridized carbons (Fsp3) is 0.571. The highest BCUT2D eigenvalue weighted by Gasteiger charge is 2.14. The third-order valence-electron chi connectivity index (χ3n) is 3.27. The normalized spacial score (nSPS) is 17.8. The van der Waals surface area contributed by atoms with Gasteiger partial charge in [0.1, 0.15) is 11.6 Å². The van der Waals surface area contributed by atoms with Crippen molar-refractivity contribution in [2.24, 2.45) is 5.73 Å². The first-order valence-electron chi connectivity index (χ1n) is 6.44. The van der Waals surface area contributed by atoms with E-state index in [0.29, 0.717) is 12.3 Å². The largest absolute Gasteiger partial charge is 0.490 e. The second kappa shape index (κ2) is 6.01. The van der Waals surface area contributed by atoms with Crippen molar-refractivity contribution in [3.05, 3.63) is 29.6 Å². The van der Waals surface area contributed by atoms with Crippen LogP contribution >= 0.6 is 0 Å². The number of halogens is 1. The van der Waals surface area contributed by atoms with Gasteiger partial charge < -0.3 is 10.5 Å². The van der Waals surface area contributed by atoms with Crippen molar-refractivity contribution < 1.29 is 9.13 Å².